The summed E-state index contributed by atoms with van der Waals surface area (Å²) in [6.07, 6.45) is 0. The smallest absolute Gasteiger partial charge is 0.255 e. The van der Waals surface area contributed by atoms with Crippen LogP contribution in [-0.4, -0.2) is 32.1 Å². The van der Waals surface area contributed by atoms with Crippen LogP contribution >= 0.6 is 15.9 Å². The Morgan fingerprint density at radius 1 is 0.800 bits per heavy atom. The van der Waals surface area contributed by atoms with Crippen LogP contribution in [0.25, 0.3) is 0 Å². The van der Waals surface area contributed by atoms with Crippen LogP contribution in [-0.2, 0) is 4.74 Å². The predicted octanol–water partition coefficient (Wildman–Crippen LogP) is 4.98. The second-order valence-electron chi connectivity index (χ2n) is 6.34. The molecule has 3 aromatic carbocycles. The van der Waals surface area contributed by atoms with E-state index >= 15 is 0 Å². The van der Waals surface area contributed by atoms with E-state index in [1.807, 2.05) is 30.3 Å². The van der Waals surface area contributed by atoms with Crippen molar-refractivity contribution in [3.8, 4) is 5.75 Å². The first-order valence-corrected chi connectivity index (χ1v) is 10.1. The number of nitrogens with one attached hydrogen (secondary N) is 2. The summed E-state index contributed by atoms with van der Waals surface area (Å²) < 4.78 is 11.2. The predicted molar refractivity (Wildman–Crippen MR) is 120 cm³/mol. The highest BCUT2D eigenvalue weighted by Gasteiger charge is 2.12. The van der Waals surface area contributed by atoms with Gasteiger partial charge in [-0.15, -0.1) is 0 Å². The largest absolute Gasteiger partial charge is 0.490 e. The van der Waals surface area contributed by atoms with Crippen molar-refractivity contribution in [3.05, 3.63) is 88.4 Å². The summed E-state index contributed by atoms with van der Waals surface area (Å²) in [6, 6.07) is 21.0. The third-order valence-electron chi connectivity index (χ3n) is 4.15. The highest BCUT2D eigenvalue weighted by molar-refractivity contribution is 9.10. The van der Waals surface area contributed by atoms with Gasteiger partial charge in [-0.25, -0.2) is 0 Å². The van der Waals surface area contributed by atoms with Gasteiger partial charge in [-0.2, -0.15) is 0 Å². The number of carbonyl (C=O) groups excluding carboxylic acids is 2. The first-order chi connectivity index (χ1) is 14.6. The minimum atomic E-state index is -0.292. The van der Waals surface area contributed by atoms with Gasteiger partial charge in [-0.05, 0) is 64.5 Å². The van der Waals surface area contributed by atoms with Crippen LogP contribution in [0.3, 0.4) is 0 Å². The average molecular weight is 469 g/mol. The molecule has 154 valence electrons. The van der Waals surface area contributed by atoms with Crippen LogP contribution in [0, 0.1) is 0 Å². The minimum absolute atomic E-state index is 0.252. The van der Waals surface area contributed by atoms with E-state index in [-0.39, 0.29) is 11.8 Å². The molecule has 0 aliphatic carbocycles. The van der Waals surface area contributed by atoms with Crippen molar-refractivity contribution in [2.75, 3.05) is 31.0 Å². The van der Waals surface area contributed by atoms with Crippen LogP contribution < -0.4 is 15.4 Å². The van der Waals surface area contributed by atoms with Crippen molar-refractivity contribution in [3.63, 3.8) is 0 Å². The fraction of sp³-hybridized carbons (Fsp3) is 0.130. The molecule has 0 aromatic heterocycles. The molecule has 3 aromatic rings. The van der Waals surface area contributed by atoms with Crippen molar-refractivity contribution in [2.45, 2.75) is 0 Å². The van der Waals surface area contributed by atoms with Crippen LogP contribution in [0.1, 0.15) is 20.7 Å². The van der Waals surface area contributed by atoms with Gasteiger partial charge in [0, 0.05) is 29.6 Å². The molecule has 0 bridgehead atoms. The number of carbonyl (C=O) groups is 2. The number of hydrogen-bond acceptors (Lipinski definition) is 4. The standard InChI is InChI=1S/C23H21BrN2O4/c1-29-12-13-30-21-11-10-17(15-20(21)24)23(28)26-19-9-5-6-16(14-19)22(27)25-18-7-3-2-4-8-18/h2-11,14-15H,12-13H2,1H3,(H,25,27)(H,26,28). The van der Waals surface area contributed by atoms with Gasteiger partial charge in [0.25, 0.3) is 11.8 Å². The van der Waals surface area contributed by atoms with E-state index in [4.69, 9.17) is 9.47 Å². The quantitative estimate of drug-likeness (QED) is 0.457. The monoisotopic (exact) mass is 468 g/mol. The zero-order chi connectivity index (χ0) is 21.3. The van der Waals surface area contributed by atoms with Crippen molar-refractivity contribution in [2.24, 2.45) is 0 Å². The summed E-state index contributed by atoms with van der Waals surface area (Å²) in [4.78, 5) is 25.1. The molecule has 0 atom stereocenters. The number of amides is 2. The van der Waals surface area contributed by atoms with Gasteiger partial charge in [0.2, 0.25) is 0 Å². The van der Waals surface area contributed by atoms with Gasteiger partial charge in [0.05, 0.1) is 11.1 Å². The molecule has 30 heavy (non-hydrogen) atoms. The molecule has 7 heteroatoms. The van der Waals surface area contributed by atoms with Gasteiger partial charge < -0.3 is 20.1 Å². The third kappa shape index (κ3) is 5.92. The molecule has 0 saturated carbocycles. The Balaban J connectivity index is 1.66. The third-order valence-corrected chi connectivity index (χ3v) is 4.77. The first kappa shape index (κ1) is 21.5. The second-order valence-corrected chi connectivity index (χ2v) is 7.20. The molecular formula is C23H21BrN2O4. The topological polar surface area (TPSA) is 76.7 Å². The van der Waals surface area contributed by atoms with Crippen molar-refractivity contribution >= 4 is 39.1 Å². The Hall–Kier alpha value is -3.16. The molecular weight excluding hydrogens is 448 g/mol. The molecule has 0 radical (unpaired) electrons. The number of ether oxygens (including phenoxy) is 2. The van der Waals surface area contributed by atoms with Gasteiger partial charge >= 0.3 is 0 Å². The van der Waals surface area contributed by atoms with E-state index in [9.17, 15) is 9.59 Å². The van der Waals surface area contributed by atoms with Crippen LogP contribution in [0.5, 0.6) is 5.75 Å². The second kappa shape index (κ2) is 10.6. The molecule has 0 saturated heterocycles. The lowest BCUT2D eigenvalue weighted by atomic mass is 10.1. The van der Waals surface area contributed by atoms with Gasteiger partial charge in [0.1, 0.15) is 12.4 Å². The zero-order valence-electron chi connectivity index (χ0n) is 16.4. The maximum atomic E-state index is 12.6. The summed E-state index contributed by atoms with van der Waals surface area (Å²) in [7, 11) is 1.60. The average Bonchev–Trinajstić information content (AvgIpc) is 2.76. The van der Waals surface area contributed by atoms with Gasteiger partial charge in [0.15, 0.2) is 0 Å². The SMILES string of the molecule is COCCOc1ccc(C(=O)Nc2cccc(C(=O)Nc3ccccc3)c2)cc1Br. The maximum Gasteiger partial charge on any atom is 0.255 e. The van der Waals surface area contributed by atoms with E-state index in [2.05, 4.69) is 26.6 Å². The molecule has 2 amide bonds. The number of rotatable bonds is 8. The molecule has 0 heterocycles. The molecule has 0 spiro atoms. The van der Waals surface area contributed by atoms with Crippen LogP contribution in [0.4, 0.5) is 11.4 Å². The Kier molecular flexibility index (Phi) is 7.59. The lowest BCUT2D eigenvalue weighted by Crippen LogP contribution is -2.14. The normalized spacial score (nSPS) is 10.3. The molecule has 0 unspecified atom stereocenters. The maximum absolute atomic E-state index is 12.6. The van der Waals surface area contributed by atoms with Crippen molar-refractivity contribution < 1.29 is 19.1 Å². The number of para-hydroxylation sites is 1. The first-order valence-electron chi connectivity index (χ1n) is 9.26. The Morgan fingerprint density at radius 3 is 2.17 bits per heavy atom. The summed E-state index contributed by atoms with van der Waals surface area (Å²) >= 11 is 3.42. The number of halogens is 1. The Labute approximate surface area is 183 Å². The Morgan fingerprint density at radius 2 is 1.47 bits per heavy atom. The molecule has 2 N–H and O–H groups in total. The zero-order valence-corrected chi connectivity index (χ0v) is 17.9. The van der Waals surface area contributed by atoms with Gasteiger partial charge in [-0.1, -0.05) is 24.3 Å². The highest BCUT2D eigenvalue weighted by atomic mass is 79.9. The molecule has 0 aliphatic heterocycles. The van der Waals surface area contributed by atoms with Gasteiger partial charge in [-0.3, -0.25) is 9.59 Å². The molecule has 0 aliphatic rings. The van der Waals surface area contributed by atoms with E-state index in [1.54, 1.807) is 49.6 Å². The van der Waals surface area contributed by atoms with E-state index in [0.717, 1.165) is 0 Å². The molecule has 6 nitrogen and oxygen atoms in total. The number of benzene rings is 3. The number of hydrogen-bond donors (Lipinski definition) is 2. The summed E-state index contributed by atoms with van der Waals surface area (Å²) in [5.41, 5.74) is 2.13. The summed E-state index contributed by atoms with van der Waals surface area (Å²) in [5, 5.41) is 5.64. The number of anilines is 2. The summed E-state index contributed by atoms with van der Waals surface area (Å²) in [6.45, 7) is 0.890. The number of methoxy groups -OCH3 is 1. The Bertz CT molecular complexity index is 1020. The van der Waals surface area contributed by atoms with Crippen molar-refractivity contribution in [1.29, 1.82) is 0 Å². The molecule has 0 fully saturated rings. The fourth-order valence-corrected chi connectivity index (χ4v) is 3.15. The van der Waals surface area contributed by atoms with E-state index in [0.29, 0.717) is 45.9 Å². The van der Waals surface area contributed by atoms with Crippen LogP contribution in [0.15, 0.2) is 77.3 Å². The minimum Gasteiger partial charge on any atom is -0.490 e. The van der Waals surface area contributed by atoms with Crippen LogP contribution in [0.2, 0.25) is 0 Å². The molecule has 3 rings (SSSR count). The lowest BCUT2D eigenvalue weighted by Gasteiger charge is -2.11. The summed E-state index contributed by atoms with van der Waals surface area (Å²) in [5.74, 6) is 0.0838. The highest BCUT2D eigenvalue weighted by Crippen LogP contribution is 2.26. The van der Waals surface area contributed by atoms with Crippen molar-refractivity contribution in [1.82, 2.24) is 0 Å². The lowest BCUT2D eigenvalue weighted by molar-refractivity contribution is 0.101. The van der Waals surface area contributed by atoms with E-state index in [1.165, 1.54) is 0 Å². The fourth-order valence-electron chi connectivity index (χ4n) is 2.66. The van der Waals surface area contributed by atoms with E-state index < -0.39 is 0 Å².